The quantitative estimate of drug-likeness (QED) is 0.177. The van der Waals surface area contributed by atoms with Crippen LogP contribution in [0.4, 0.5) is 16.6 Å². The first-order valence-electron chi connectivity index (χ1n) is 15.8. The molecule has 0 spiro atoms. The van der Waals surface area contributed by atoms with Crippen LogP contribution in [0, 0.1) is 23.2 Å². The van der Waals surface area contributed by atoms with Crippen molar-refractivity contribution in [2.45, 2.75) is 96.7 Å². The van der Waals surface area contributed by atoms with Gasteiger partial charge in [0.25, 0.3) is 0 Å². The molecule has 0 unspecified atom stereocenters. The van der Waals surface area contributed by atoms with Crippen LogP contribution in [0.2, 0.25) is 0 Å². The summed E-state index contributed by atoms with van der Waals surface area (Å²) < 4.78 is 2.35. The minimum Gasteiger partial charge on any atom is -0.465 e. The van der Waals surface area contributed by atoms with E-state index in [1.54, 1.807) is 0 Å². The summed E-state index contributed by atoms with van der Waals surface area (Å²) in [7, 11) is 0. The lowest BCUT2D eigenvalue weighted by molar-refractivity contribution is 0.200. The first-order valence-corrected chi connectivity index (χ1v) is 15.8. The Bertz CT molecular complexity index is 1410. The summed E-state index contributed by atoms with van der Waals surface area (Å²) in [6, 6.07) is 11.1. The van der Waals surface area contributed by atoms with Gasteiger partial charge in [-0.05, 0) is 75.2 Å². The lowest BCUT2D eigenvalue weighted by Crippen LogP contribution is -2.36. The van der Waals surface area contributed by atoms with E-state index in [2.05, 4.69) is 64.3 Å². The Morgan fingerprint density at radius 2 is 1.79 bits per heavy atom. The highest BCUT2D eigenvalue weighted by Gasteiger charge is 2.33. The van der Waals surface area contributed by atoms with Crippen molar-refractivity contribution in [2.75, 3.05) is 16.8 Å². The summed E-state index contributed by atoms with van der Waals surface area (Å²) in [6.45, 7) is 6.29. The fourth-order valence-electron chi connectivity index (χ4n) is 7.03. The highest BCUT2D eigenvalue weighted by atomic mass is 16.4. The van der Waals surface area contributed by atoms with Crippen molar-refractivity contribution in [1.82, 2.24) is 24.8 Å². The molecule has 2 atom stereocenters. The number of piperidine rings is 1. The molecule has 0 bridgehead atoms. The van der Waals surface area contributed by atoms with Crippen LogP contribution in [0.15, 0.2) is 30.3 Å². The van der Waals surface area contributed by atoms with E-state index in [0.717, 1.165) is 43.3 Å². The molecule has 224 valence electrons. The number of anilines is 2. The molecular formula is C32H44N8O2. The molecule has 42 heavy (non-hydrogen) atoms. The molecule has 1 aromatic carbocycles. The standard InChI is InChI=1S/C32H44N8O2/c1-20-14-16-22(17-15-20)19-40-26-28(34-21(2)23-11-8-12-23)36-30(27(33)35-32(41)42)37-29(26)38-31(40)39-18-7-6-13-25(39)24-9-4-3-5-10-24/h3-5,9-10,20-23,25H,6-8,11-19H2,1-2H3,(H2,33,35)(H,41,42)(H,34,36,37)/t20?,21-,22?,25+/m1/s1. The van der Waals surface area contributed by atoms with Crippen LogP contribution in [0.5, 0.6) is 0 Å². The molecule has 2 aromatic heterocycles. The van der Waals surface area contributed by atoms with Gasteiger partial charge >= 0.3 is 6.09 Å². The number of amidine groups is 1. The minimum atomic E-state index is -1.31. The molecule has 2 saturated carbocycles. The van der Waals surface area contributed by atoms with E-state index < -0.39 is 6.09 Å². The van der Waals surface area contributed by atoms with Gasteiger partial charge in [0.15, 0.2) is 23.1 Å². The van der Waals surface area contributed by atoms with Crippen LogP contribution in [-0.2, 0) is 6.54 Å². The van der Waals surface area contributed by atoms with Gasteiger partial charge in [0.2, 0.25) is 5.95 Å². The molecule has 3 aromatic rings. The normalized spacial score (nSPS) is 23.8. The predicted octanol–water partition coefficient (Wildman–Crippen LogP) is 6.58. The molecule has 3 aliphatic rings. The minimum absolute atomic E-state index is 0.0363. The zero-order chi connectivity index (χ0) is 29.2. The molecule has 1 aliphatic heterocycles. The third kappa shape index (κ3) is 5.94. The molecule has 6 rings (SSSR count). The Morgan fingerprint density at radius 1 is 1.02 bits per heavy atom. The number of carboxylic acid groups (broad SMARTS) is 1. The molecule has 1 amide bonds. The number of hydrogen-bond acceptors (Lipinski definition) is 7. The smallest absolute Gasteiger partial charge is 0.410 e. The monoisotopic (exact) mass is 572 g/mol. The summed E-state index contributed by atoms with van der Waals surface area (Å²) >= 11 is 0. The lowest BCUT2D eigenvalue weighted by Gasteiger charge is -2.38. The van der Waals surface area contributed by atoms with Crippen LogP contribution in [-0.4, -0.2) is 49.1 Å². The topological polar surface area (TPSA) is 132 Å². The fraction of sp³-hybridized carbons (Fsp3) is 0.594. The van der Waals surface area contributed by atoms with E-state index in [0.29, 0.717) is 23.3 Å². The second-order valence-corrected chi connectivity index (χ2v) is 12.8. The van der Waals surface area contributed by atoms with Crippen LogP contribution < -0.4 is 15.5 Å². The Labute approximate surface area is 247 Å². The van der Waals surface area contributed by atoms with E-state index in [1.807, 2.05) is 0 Å². The average Bonchev–Trinajstić information content (AvgIpc) is 3.31. The number of rotatable bonds is 8. The fourth-order valence-corrected chi connectivity index (χ4v) is 7.03. The molecule has 4 N–H and O–H groups in total. The van der Waals surface area contributed by atoms with Crippen LogP contribution in [0.1, 0.15) is 95.5 Å². The Kier molecular flexibility index (Phi) is 8.31. The van der Waals surface area contributed by atoms with Crippen LogP contribution >= 0.6 is 0 Å². The Hall–Kier alpha value is -3.69. The Morgan fingerprint density at radius 3 is 2.48 bits per heavy atom. The highest BCUT2D eigenvalue weighted by molar-refractivity contribution is 6.03. The number of fused-ring (bicyclic) bond motifs is 1. The van der Waals surface area contributed by atoms with Crippen molar-refractivity contribution in [3.05, 3.63) is 41.7 Å². The second-order valence-electron chi connectivity index (χ2n) is 12.8. The molecule has 2 aliphatic carbocycles. The number of nitrogens with zero attached hydrogens (tertiary/aromatic N) is 5. The number of carbonyl (C=O) groups is 1. The van der Waals surface area contributed by atoms with Gasteiger partial charge in [-0.1, -0.05) is 56.5 Å². The summed E-state index contributed by atoms with van der Waals surface area (Å²) in [5.74, 6) is 3.11. The van der Waals surface area contributed by atoms with Crippen LogP contribution in [0.3, 0.4) is 0 Å². The van der Waals surface area contributed by atoms with Gasteiger partial charge in [0.1, 0.15) is 5.52 Å². The van der Waals surface area contributed by atoms with E-state index in [4.69, 9.17) is 20.4 Å². The summed E-state index contributed by atoms with van der Waals surface area (Å²) in [4.78, 5) is 28.5. The number of benzene rings is 1. The average molecular weight is 573 g/mol. The zero-order valence-corrected chi connectivity index (χ0v) is 24.9. The molecule has 3 heterocycles. The molecule has 0 radical (unpaired) electrons. The van der Waals surface area contributed by atoms with Gasteiger partial charge in [0.05, 0.1) is 6.04 Å². The van der Waals surface area contributed by atoms with Crippen molar-refractivity contribution in [3.8, 4) is 0 Å². The molecule has 1 saturated heterocycles. The molecular weight excluding hydrogens is 528 g/mol. The van der Waals surface area contributed by atoms with Gasteiger partial charge in [0, 0.05) is 19.1 Å². The number of nitrogens with one attached hydrogen (secondary N) is 3. The molecule has 3 fully saturated rings. The van der Waals surface area contributed by atoms with Gasteiger partial charge in [-0.25, -0.2) is 14.8 Å². The van der Waals surface area contributed by atoms with Gasteiger partial charge in [-0.2, -0.15) is 4.98 Å². The van der Waals surface area contributed by atoms with Crippen molar-refractivity contribution in [2.24, 2.45) is 17.8 Å². The third-order valence-corrected chi connectivity index (χ3v) is 9.78. The number of hydrogen-bond donors (Lipinski definition) is 4. The molecule has 10 nitrogen and oxygen atoms in total. The van der Waals surface area contributed by atoms with Crippen molar-refractivity contribution < 1.29 is 9.90 Å². The Balaban J connectivity index is 1.48. The van der Waals surface area contributed by atoms with E-state index in [-0.39, 0.29) is 23.7 Å². The molecule has 10 heteroatoms. The number of imidazole rings is 1. The van der Waals surface area contributed by atoms with Gasteiger partial charge in [-0.15, -0.1) is 0 Å². The first-order chi connectivity index (χ1) is 20.4. The van der Waals surface area contributed by atoms with Crippen molar-refractivity contribution >= 4 is 34.9 Å². The highest BCUT2D eigenvalue weighted by Crippen LogP contribution is 2.40. The maximum absolute atomic E-state index is 11.4. The zero-order valence-electron chi connectivity index (χ0n) is 24.9. The van der Waals surface area contributed by atoms with Crippen molar-refractivity contribution in [3.63, 3.8) is 0 Å². The van der Waals surface area contributed by atoms with Crippen LogP contribution in [0.25, 0.3) is 11.2 Å². The summed E-state index contributed by atoms with van der Waals surface area (Å²) in [6.07, 6.45) is 10.5. The summed E-state index contributed by atoms with van der Waals surface area (Å²) in [5.41, 5.74) is 2.66. The number of amides is 1. The maximum Gasteiger partial charge on any atom is 0.410 e. The van der Waals surface area contributed by atoms with E-state index in [1.165, 1.54) is 56.9 Å². The lowest BCUT2D eigenvalue weighted by atomic mass is 9.80. The largest absolute Gasteiger partial charge is 0.465 e. The van der Waals surface area contributed by atoms with Crippen molar-refractivity contribution in [1.29, 1.82) is 5.41 Å². The van der Waals surface area contributed by atoms with Gasteiger partial charge < -0.3 is 19.9 Å². The van der Waals surface area contributed by atoms with E-state index in [9.17, 15) is 9.90 Å². The number of aromatic nitrogens is 4. The third-order valence-electron chi connectivity index (χ3n) is 9.78. The maximum atomic E-state index is 11.4. The first kappa shape index (κ1) is 28.4. The second kappa shape index (κ2) is 12.3. The SMILES string of the molecule is CC1CCC(Cn2c(N3CCCC[C@H]3c3ccccc3)nc3nc(C(=N)NC(=O)O)nc(N[C@H](C)C4CCC4)c32)CC1. The predicted molar refractivity (Wildman–Crippen MR) is 165 cm³/mol. The van der Waals surface area contributed by atoms with Gasteiger partial charge in [-0.3, -0.25) is 10.7 Å². The van der Waals surface area contributed by atoms with E-state index >= 15 is 0 Å². The summed E-state index contributed by atoms with van der Waals surface area (Å²) in [5, 5.41) is 23.5.